The van der Waals surface area contributed by atoms with Crippen molar-refractivity contribution in [3.8, 4) is 23.0 Å². The summed E-state index contributed by atoms with van der Waals surface area (Å²) in [5.74, 6) is 2.10. The van der Waals surface area contributed by atoms with Gasteiger partial charge in [-0.3, -0.25) is 0 Å². The number of hydrogen-bond donors (Lipinski definition) is 2. The number of rotatable bonds is 1. The van der Waals surface area contributed by atoms with Gasteiger partial charge in [-0.1, -0.05) is 70.5 Å². The van der Waals surface area contributed by atoms with Crippen LogP contribution in [-0.4, -0.2) is 10.2 Å². The van der Waals surface area contributed by atoms with Crippen LogP contribution in [0.5, 0.6) is 23.0 Å². The molecule has 1 aliphatic heterocycles. The molecule has 0 aliphatic carbocycles. The summed E-state index contributed by atoms with van der Waals surface area (Å²) >= 11 is 2.35. The van der Waals surface area contributed by atoms with E-state index in [4.69, 9.17) is 4.74 Å². The quantitative estimate of drug-likeness (QED) is 0.188. The molecule has 6 rings (SSSR count). The smallest absolute Gasteiger partial charge is 0.132 e. The van der Waals surface area contributed by atoms with Crippen molar-refractivity contribution in [1.29, 1.82) is 0 Å². The first-order valence-corrected chi connectivity index (χ1v) is 13.5. The Morgan fingerprint density at radius 2 is 1.19 bits per heavy atom. The highest BCUT2D eigenvalue weighted by Crippen LogP contribution is 2.52. The maximum absolute atomic E-state index is 10.0. The van der Waals surface area contributed by atoms with Crippen LogP contribution in [0.3, 0.4) is 0 Å². The minimum atomic E-state index is -0.0463. The van der Waals surface area contributed by atoms with E-state index < -0.39 is 0 Å². The van der Waals surface area contributed by atoms with Crippen molar-refractivity contribution in [2.24, 2.45) is 0 Å². The van der Waals surface area contributed by atoms with E-state index in [-0.39, 0.29) is 17.4 Å². The number of ether oxygens (including phenoxy) is 1. The van der Waals surface area contributed by atoms with Crippen molar-refractivity contribution in [3.63, 3.8) is 0 Å². The summed E-state index contributed by atoms with van der Waals surface area (Å²) in [6.07, 6.45) is 1.25. The van der Waals surface area contributed by atoms with Crippen LogP contribution < -0.4 is 4.74 Å². The Hall–Kier alpha value is -3.25. The molecule has 36 heavy (non-hydrogen) atoms. The molecule has 1 aliphatic rings. The van der Waals surface area contributed by atoms with Gasteiger partial charge in [0.2, 0.25) is 0 Å². The molecule has 0 unspecified atom stereocenters. The van der Waals surface area contributed by atoms with Crippen molar-refractivity contribution in [1.82, 2.24) is 0 Å². The molecule has 5 aromatic carbocycles. The zero-order valence-electron chi connectivity index (χ0n) is 21.0. The predicted molar refractivity (Wildman–Crippen MR) is 159 cm³/mol. The van der Waals surface area contributed by atoms with Crippen molar-refractivity contribution in [2.45, 2.75) is 40.0 Å². The third-order valence-corrected chi connectivity index (χ3v) is 6.66. The Balaban J connectivity index is 0.000000569. The van der Waals surface area contributed by atoms with Gasteiger partial charge in [0.25, 0.3) is 0 Å². The summed E-state index contributed by atoms with van der Waals surface area (Å²) in [6, 6.07) is 27.5. The minimum absolute atomic E-state index is 0.0463. The summed E-state index contributed by atoms with van der Waals surface area (Å²) in [5, 5.41) is 24.1. The number of aromatic hydroxyl groups is 2. The zero-order valence-corrected chi connectivity index (χ0v) is 23.2. The predicted octanol–water partition coefficient (Wildman–Crippen LogP) is 9.74. The lowest BCUT2D eigenvalue weighted by Crippen LogP contribution is -2.13. The third-order valence-electron chi connectivity index (χ3n) is 5.99. The van der Waals surface area contributed by atoms with Crippen molar-refractivity contribution >= 4 is 44.1 Å². The minimum Gasteiger partial charge on any atom is -0.508 e. The second-order valence-electron chi connectivity index (χ2n) is 8.56. The molecular weight excluding hydrogens is 559 g/mol. The lowest BCUT2D eigenvalue weighted by molar-refractivity contribution is 0.455. The fraction of sp³-hybridized carbons (Fsp3) is 0.188. The summed E-state index contributed by atoms with van der Waals surface area (Å²) < 4.78 is 7.58. The molecule has 3 nitrogen and oxygen atoms in total. The second kappa shape index (κ2) is 11.2. The van der Waals surface area contributed by atoms with Gasteiger partial charge in [-0.25, -0.2) is 0 Å². The number of fused-ring (bicyclic) bond motifs is 6. The van der Waals surface area contributed by atoms with E-state index in [2.05, 4.69) is 60.7 Å². The van der Waals surface area contributed by atoms with Gasteiger partial charge in [-0.2, -0.15) is 0 Å². The van der Waals surface area contributed by atoms with E-state index in [9.17, 15) is 10.2 Å². The molecule has 1 heterocycles. The van der Waals surface area contributed by atoms with E-state index >= 15 is 0 Å². The Labute approximate surface area is 226 Å². The molecular formula is C32H31IO3. The van der Waals surface area contributed by atoms with Crippen LogP contribution in [0, 0.1) is 3.57 Å². The highest BCUT2D eigenvalue weighted by Gasteiger charge is 2.32. The molecule has 0 saturated carbocycles. The second-order valence-corrected chi connectivity index (χ2v) is 9.81. The lowest BCUT2D eigenvalue weighted by atomic mass is 9.78. The van der Waals surface area contributed by atoms with Crippen LogP contribution >= 0.6 is 22.6 Å². The fourth-order valence-electron chi connectivity index (χ4n) is 4.70. The molecule has 5 aromatic rings. The fourth-order valence-corrected chi connectivity index (χ4v) is 5.27. The van der Waals surface area contributed by atoms with Gasteiger partial charge in [0.1, 0.15) is 23.0 Å². The molecule has 0 amide bonds. The molecule has 0 bridgehead atoms. The first-order valence-electron chi connectivity index (χ1n) is 12.4. The maximum atomic E-state index is 10.0. The highest BCUT2D eigenvalue weighted by molar-refractivity contribution is 14.1. The molecule has 4 heteroatoms. The third kappa shape index (κ3) is 4.87. The standard InChI is InChI=1S/C27H17IO3.C3H8.C2H6/c28-18-3-1-2-17(12-18)25-26-21-8-6-19(29)13-15(21)4-10-23(26)31-24-11-5-16-14-20(30)7-9-22(16)27(24)25;1-3-2;1-2/h1-14,25,29-30H;3H2,1-2H3;1-2H3. The number of benzene rings is 5. The van der Waals surface area contributed by atoms with E-state index in [0.717, 1.165) is 44.2 Å². The first kappa shape index (κ1) is 25.8. The Kier molecular flexibility index (Phi) is 8.04. The van der Waals surface area contributed by atoms with Gasteiger partial charge in [0, 0.05) is 20.6 Å². The summed E-state index contributed by atoms with van der Waals surface area (Å²) in [4.78, 5) is 0. The van der Waals surface area contributed by atoms with Gasteiger partial charge >= 0.3 is 0 Å². The van der Waals surface area contributed by atoms with Gasteiger partial charge < -0.3 is 14.9 Å². The van der Waals surface area contributed by atoms with Crippen molar-refractivity contribution < 1.29 is 14.9 Å². The topological polar surface area (TPSA) is 49.7 Å². The molecule has 0 spiro atoms. The lowest BCUT2D eigenvalue weighted by Gasteiger charge is -2.31. The molecule has 184 valence electrons. The number of hydrogen-bond acceptors (Lipinski definition) is 3. The van der Waals surface area contributed by atoms with Crippen LogP contribution in [0.4, 0.5) is 0 Å². The van der Waals surface area contributed by atoms with E-state index in [1.54, 1.807) is 24.3 Å². The van der Waals surface area contributed by atoms with Gasteiger partial charge in [-0.05, 0) is 98.2 Å². The number of phenolic OH excluding ortho intramolecular Hbond substituents is 2. The molecule has 0 aromatic heterocycles. The Morgan fingerprint density at radius 1 is 0.694 bits per heavy atom. The average molecular weight is 591 g/mol. The van der Waals surface area contributed by atoms with Gasteiger partial charge in [-0.15, -0.1) is 0 Å². The maximum Gasteiger partial charge on any atom is 0.132 e. The number of halogens is 1. The van der Waals surface area contributed by atoms with Crippen LogP contribution in [-0.2, 0) is 0 Å². The van der Waals surface area contributed by atoms with Crippen molar-refractivity contribution in [3.05, 3.63) is 105 Å². The number of phenols is 2. The molecule has 0 radical (unpaired) electrons. The Bertz CT molecular complexity index is 1430. The van der Waals surface area contributed by atoms with Gasteiger partial charge in [0.05, 0.1) is 0 Å². The SMILES string of the molecule is CC.CCC.Oc1ccc2c3c(ccc2c1)Oc1ccc2cc(O)ccc2c1C3c1cccc(I)c1. The molecule has 0 atom stereocenters. The summed E-state index contributed by atoms with van der Waals surface area (Å²) in [7, 11) is 0. The Morgan fingerprint density at radius 3 is 1.67 bits per heavy atom. The van der Waals surface area contributed by atoms with E-state index in [0.29, 0.717) is 0 Å². The normalized spacial score (nSPS) is 11.9. The highest BCUT2D eigenvalue weighted by atomic mass is 127. The first-order chi connectivity index (χ1) is 17.5. The van der Waals surface area contributed by atoms with E-state index in [1.165, 1.54) is 15.6 Å². The molecule has 0 fully saturated rings. The van der Waals surface area contributed by atoms with Crippen LogP contribution in [0.15, 0.2) is 84.9 Å². The van der Waals surface area contributed by atoms with E-state index in [1.807, 2.05) is 50.2 Å². The van der Waals surface area contributed by atoms with Crippen LogP contribution in [0.25, 0.3) is 21.5 Å². The largest absolute Gasteiger partial charge is 0.508 e. The van der Waals surface area contributed by atoms with Gasteiger partial charge in [0.15, 0.2) is 0 Å². The van der Waals surface area contributed by atoms with Crippen LogP contribution in [0.1, 0.15) is 56.7 Å². The monoisotopic (exact) mass is 590 g/mol. The summed E-state index contributed by atoms with van der Waals surface area (Å²) in [5.41, 5.74) is 3.36. The van der Waals surface area contributed by atoms with Crippen LogP contribution in [0.2, 0.25) is 0 Å². The average Bonchev–Trinajstić information content (AvgIpc) is 2.88. The van der Waals surface area contributed by atoms with Crippen molar-refractivity contribution in [2.75, 3.05) is 0 Å². The summed E-state index contributed by atoms with van der Waals surface area (Å²) in [6.45, 7) is 8.25. The zero-order chi connectivity index (χ0) is 25.8. The molecule has 2 N–H and O–H groups in total. The molecule has 0 saturated heterocycles.